The molecule has 0 amide bonds. The van der Waals surface area contributed by atoms with Crippen LogP contribution in [0.25, 0.3) is 0 Å². The number of anilines is 1. The van der Waals surface area contributed by atoms with Gasteiger partial charge in [0, 0.05) is 24.8 Å². The van der Waals surface area contributed by atoms with Crippen LogP contribution in [-0.2, 0) is 6.54 Å². The number of hydrogen-bond acceptors (Lipinski definition) is 6. The molecule has 7 heteroatoms. The molecular formula is C22H19N5O2. The monoisotopic (exact) mass is 385 g/mol. The summed E-state index contributed by atoms with van der Waals surface area (Å²) in [6, 6.07) is 25.9. The number of benzene rings is 3. The second-order valence-corrected chi connectivity index (χ2v) is 6.28. The molecule has 0 aromatic heterocycles. The summed E-state index contributed by atoms with van der Waals surface area (Å²) in [6.07, 6.45) is 0.423. The Balaban J connectivity index is 1.77. The van der Waals surface area contributed by atoms with Gasteiger partial charge in [-0.2, -0.15) is 10.4 Å². The number of para-hydroxylation sites is 1. The van der Waals surface area contributed by atoms with Crippen LogP contribution in [0.3, 0.4) is 0 Å². The molecule has 7 nitrogen and oxygen atoms in total. The fraction of sp³-hybridized carbons (Fsp3) is 0.136. The van der Waals surface area contributed by atoms with Crippen LogP contribution < -0.4 is 4.90 Å². The van der Waals surface area contributed by atoms with Gasteiger partial charge in [0.15, 0.2) is 5.69 Å². The maximum absolute atomic E-state index is 11.1. The molecule has 0 saturated carbocycles. The van der Waals surface area contributed by atoms with Crippen molar-refractivity contribution in [3.63, 3.8) is 0 Å². The highest BCUT2D eigenvalue weighted by atomic mass is 16.6. The van der Waals surface area contributed by atoms with E-state index in [0.717, 1.165) is 11.3 Å². The first kappa shape index (κ1) is 19.7. The van der Waals surface area contributed by atoms with Gasteiger partial charge < -0.3 is 4.90 Å². The van der Waals surface area contributed by atoms with Gasteiger partial charge >= 0.3 is 0 Å². The van der Waals surface area contributed by atoms with E-state index in [1.54, 1.807) is 30.3 Å². The molecule has 0 unspecified atom stereocenters. The number of rotatable bonds is 8. The van der Waals surface area contributed by atoms with E-state index in [4.69, 9.17) is 5.26 Å². The Labute approximate surface area is 168 Å². The fourth-order valence-electron chi connectivity index (χ4n) is 2.83. The Bertz CT molecular complexity index is 1030. The summed E-state index contributed by atoms with van der Waals surface area (Å²) in [5.41, 5.74) is 2.84. The van der Waals surface area contributed by atoms with E-state index in [-0.39, 0.29) is 11.4 Å². The van der Waals surface area contributed by atoms with E-state index >= 15 is 0 Å². The Hall–Kier alpha value is -4.05. The quantitative estimate of drug-likeness (QED) is 0.273. The third-order valence-corrected chi connectivity index (χ3v) is 4.28. The third kappa shape index (κ3) is 5.47. The van der Waals surface area contributed by atoms with Crippen LogP contribution in [0.2, 0.25) is 0 Å². The van der Waals surface area contributed by atoms with Gasteiger partial charge in [-0.3, -0.25) is 10.1 Å². The number of hydrogen-bond donors (Lipinski definition) is 0. The lowest BCUT2D eigenvalue weighted by Gasteiger charge is -2.24. The van der Waals surface area contributed by atoms with Crippen molar-refractivity contribution >= 4 is 22.7 Å². The molecule has 0 N–H and O–H groups in total. The molecule has 0 saturated heterocycles. The highest BCUT2D eigenvalue weighted by Gasteiger charge is 2.11. The highest BCUT2D eigenvalue weighted by Crippen LogP contribution is 2.29. The molecule has 0 radical (unpaired) electrons. The Morgan fingerprint density at radius 2 is 1.62 bits per heavy atom. The predicted molar refractivity (Wildman–Crippen MR) is 111 cm³/mol. The molecule has 0 atom stereocenters. The molecule has 0 fully saturated rings. The third-order valence-electron chi connectivity index (χ3n) is 4.28. The second kappa shape index (κ2) is 9.76. The molecule has 3 aromatic rings. The average molecular weight is 385 g/mol. The molecule has 29 heavy (non-hydrogen) atoms. The molecule has 0 bridgehead atoms. The largest absolute Gasteiger partial charge is 0.366 e. The van der Waals surface area contributed by atoms with Gasteiger partial charge in [-0.05, 0) is 35.9 Å². The minimum absolute atomic E-state index is 0.0848. The standard InChI is InChI=1S/C22H19N5O2/c23-15-6-16-26(17-18-7-2-1-3-8-18)20-13-11-19(12-14-20)24-25-21-9-4-5-10-22(21)27(28)29/h1-5,7-14H,6,16-17H2. The van der Waals surface area contributed by atoms with Crippen LogP contribution in [0.1, 0.15) is 12.0 Å². The van der Waals surface area contributed by atoms with Crippen LogP contribution in [0.15, 0.2) is 89.1 Å². The van der Waals surface area contributed by atoms with Crippen LogP contribution >= 0.6 is 0 Å². The van der Waals surface area contributed by atoms with Gasteiger partial charge in [0.05, 0.1) is 23.1 Å². The molecule has 3 rings (SSSR count). The molecule has 0 aliphatic carbocycles. The van der Waals surface area contributed by atoms with E-state index in [1.807, 2.05) is 30.3 Å². The first-order valence-corrected chi connectivity index (χ1v) is 9.08. The zero-order valence-corrected chi connectivity index (χ0v) is 15.7. The van der Waals surface area contributed by atoms with Crippen LogP contribution in [-0.4, -0.2) is 11.5 Å². The topological polar surface area (TPSA) is 94.9 Å². The minimum Gasteiger partial charge on any atom is -0.366 e. The van der Waals surface area contributed by atoms with Gasteiger partial charge in [0.25, 0.3) is 5.69 Å². The lowest BCUT2D eigenvalue weighted by molar-refractivity contribution is -0.384. The smallest absolute Gasteiger partial charge is 0.296 e. The minimum atomic E-state index is -0.478. The predicted octanol–water partition coefficient (Wildman–Crippen LogP) is 5.93. The summed E-state index contributed by atoms with van der Waals surface area (Å²) in [7, 11) is 0. The zero-order chi connectivity index (χ0) is 20.5. The van der Waals surface area contributed by atoms with Crippen molar-refractivity contribution in [2.24, 2.45) is 10.2 Å². The molecule has 0 heterocycles. The molecule has 3 aromatic carbocycles. The Morgan fingerprint density at radius 1 is 0.931 bits per heavy atom. The maximum Gasteiger partial charge on any atom is 0.296 e. The van der Waals surface area contributed by atoms with Crippen LogP contribution in [0.5, 0.6) is 0 Å². The normalized spacial score (nSPS) is 10.6. The average Bonchev–Trinajstić information content (AvgIpc) is 2.76. The Kier molecular flexibility index (Phi) is 6.63. The lowest BCUT2D eigenvalue weighted by atomic mass is 10.2. The summed E-state index contributed by atoms with van der Waals surface area (Å²) in [5.74, 6) is 0. The zero-order valence-electron chi connectivity index (χ0n) is 15.7. The number of nitro groups is 1. The van der Waals surface area contributed by atoms with Gasteiger partial charge in [-0.1, -0.05) is 42.5 Å². The van der Waals surface area contributed by atoms with Crippen molar-refractivity contribution in [3.05, 3.63) is 94.5 Å². The lowest BCUT2D eigenvalue weighted by Crippen LogP contribution is -2.23. The van der Waals surface area contributed by atoms with E-state index in [2.05, 4.69) is 33.3 Å². The summed E-state index contributed by atoms with van der Waals surface area (Å²) in [5, 5.41) is 28.2. The maximum atomic E-state index is 11.1. The molecule has 0 aliphatic heterocycles. The van der Waals surface area contributed by atoms with Crippen molar-refractivity contribution in [1.82, 2.24) is 0 Å². The van der Waals surface area contributed by atoms with Crippen molar-refractivity contribution < 1.29 is 4.92 Å². The summed E-state index contributed by atoms with van der Waals surface area (Å²) in [6.45, 7) is 1.31. The molecule has 144 valence electrons. The van der Waals surface area contributed by atoms with Crippen LogP contribution in [0.4, 0.5) is 22.7 Å². The summed E-state index contributed by atoms with van der Waals surface area (Å²) >= 11 is 0. The van der Waals surface area contributed by atoms with Crippen molar-refractivity contribution in [2.75, 3.05) is 11.4 Å². The number of nitrogens with zero attached hydrogens (tertiary/aromatic N) is 5. The summed E-state index contributed by atoms with van der Waals surface area (Å²) in [4.78, 5) is 12.7. The van der Waals surface area contributed by atoms with E-state index in [0.29, 0.717) is 25.2 Å². The van der Waals surface area contributed by atoms with E-state index in [9.17, 15) is 10.1 Å². The van der Waals surface area contributed by atoms with Crippen molar-refractivity contribution in [3.8, 4) is 6.07 Å². The van der Waals surface area contributed by atoms with Gasteiger partial charge in [-0.15, -0.1) is 5.11 Å². The molecular weight excluding hydrogens is 366 g/mol. The van der Waals surface area contributed by atoms with Crippen molar-refractivity contribution in [2.45, 2.75) is 13.0 Å². The number of azo groups is 1. The fourth-order valence-corrected chi connectivity index (χ4v) is 2.83. The first-order chi connectivity index (χ1) is 14.2. The van der Waals surface area contributed by atoms with E-state index in [1.165, 1.54) is 6.07 Å². The number of nitro benzene ring substituents is 1. The first-order valence-electron chi connectivity index (χ1n) is 9.08. The second-order valence-electron chi connectivity index (χ2n) is 6.28. The summed E-state index contributed by atoms with van der Waals surface area (Å²) < 4.78 is 0. The van der Waals surface area contributed by atoms with Gasteiger partial charge in [0.2, 0.25) is 0 Å². The van der Waals surface area contributed by atoms with Crippen LogP contribution in [0, 0.1) is 21.4 Å². The highest BCUT2D eigenvalue weighted by molar-refractivity contribution is 5.57. The van der Waals surface area contributed by atoms with E-state index < -0.39 is 4.92 Å². The molecule has 0 spiro atoms. The van der Waals surface area contributed by atoms with Crippen molar-refractivity contribution in [1.29, 1.82) is 5.26 Å². The Morgan fingerprint density at radius 3 is 2.31 bits per heavy atom. The molecule has 0 aliphatic rings. The SMILES string of the molecule is N#CCCN(Cc1ccccc1)c1ccc(N=Nc2ccccc2[N+](=O)[O-])cc1. The number of nitriles is 1. The van der Waals surface area contributed by atoms with Gasteiger partial charge in [0.1, 0.15) is 0 Å². The van der Waals surface area contributed by atoms with Gasteiger partial charge in [-0.25, -0.2) is 0 Å².